The number of carbonyl (C=O) groups is 2. The molecule has 3 rings (SSSR count). The first kappa shape index (κ1) is 29.0. The highest BCUT2D eigenvalue weighted by molar-refractivity contribution is 6.32. The third-order valence-corrected chi connectivity index (χ3v) is 7.17. The molecule has 2 aliphatic heterocycles. The van der Waals surface area contributed by atoms with E-state index in [4.69, 9.17) is 30.5 Å². The van der Waals surface area contributed by atoms with E-state index < -0.39 is 29.6 Å². The number of alkyl carbamates (subject to hydrolysis) is 1. The zero-order chi connectivity index (χ0) is 27.2. The highest BCUT2D eigenvalue weighted by Gasteiger charge is 2.55. The molecule has 10 heteroatoms. The van der Waals surface area contributed by atoms with Crippen LogP contribution in [0.5, 0.6) is 5.75 Å². The van der Waals surface area contributed by atoms with Crippen LogP contribution in [0.2, 0.25) is 5.02 Å². The number of hydrogen-bond acceptors (Lipinski definition) is 7. The van der Waals surface area contributed by atoms with Crippen LogP contribution in [-0.2, 0) is 25.4 Å². The second kappa shape index (κ2) is 12.3. The third kappa shape index (κ3) is 7.70. The quantitative estimate of drug-likeness (QED) is 0.275. The van der Waals surface area contributed by atoms with Crippen LogP contribution < -0.4 is 15.4 Å². The number of hydrogen-bond donors (Lipinski definition) is 3. The predicted octanol–water partition coefficient (Wildman–Crippen LogP) is 3.67. The van der Waals surface area contributed by atoms with Crippen molar-refractivity contribution in [2.45, 2.75) is 75.6 Å². The van der Waals surface area contributed by atoms with Gasteiger partial charge >= 0.3 is 6.09 Å². The number of rotatable bonds is 12. The smallest absolute Gasteiger partial charge is 0.409 e. The number of halogens is 1. The van der Waals surface area contributed by atoms with Gasteiger partial charge in [-0.15, -0.1) is 0 Å². The molecule has 0 aliphatic carbocycles. The van der Waals surface area contributed by atoms with E-state index in [-0.39, 0.29) is 18.4 Å². The number of carbonyl (C=O) groups excluding carboxylic acids is 2. The maximum Gasteiger partial charge on any atom is 0.409 e. The Morgan fingerprint density at radius 1 is 1.41 bits per heavy atom. The van der Waals surface area contributed by atoms with E-state index in [1.165, 1.54) is 7.11 Å². The first-order chi connectivity index (χ1) is 17.5. The normalized spacial score (nSPS) is 28.4. The zero-order valence-corrected chi connectivity index (χ0v) is 22.8. The second-order valence-electron chi connectivity index (χ2n) is 9.81. The van der Waals surface area contributed by atoms with Gasteiger partial charge in [-0.05, 0) is 44.4 Å². The van der Waals surface area contributed by atoms with E-state index in [2.05, 4.69) is 10.6 Å². The van der Waals surface area contributed by atoms with Crippen molar-refractivity contribution in [3.63, 3.8) is 0 Å². The van der Waals surface area contributed by atoms with Crippen molar-refractivity contribution < 1.29 is 33.6 Å². The van der Waals surface area contributed by atoms with Crippen molar-refractivity contribution in [1.29, 1.82) is 0 Å². The summed E-state index contributed by atoms with van der Waals surface area (Å²) in [6, 6.07) is 5.64. The van der Waals surface area contributed by atoms with Gasteiger partial charge in [-0.3, -0.25) is 10.1 Å². The van der Waals surface area contributed by atoms with Crippen LogP contribution in [0.25, 0.3) is 0 Å². The fourth-order valence-electron chi connectivity index (χ4n) is 4.60. The molecule has 3 N–H and O–H groups in total. The average Bonchev–Trinajstić information content (AvgIpc) is 3.49. The molecule has 0 spiro atoms. The maximum atomic E-state index is 12.3. The number of nitrogens with one attached hydrogen (secondary N) is 2. The Kier molecular flexibility index (Phi) is 9.63. The summed E-state index contributed by atoms with van der Waals surface area (Å²) in [7, 11) is 4.65. The molecule has 1 aromatic rings. The Balaban J connectivity index is 1.60. The largest absolute Gasteiger partial charge is 0.495 e. The van der Waals surface area contributed by atoms with Crippen molar-refractivity contribution in [2.75, 3.05) is 21.3 Å². The summed E-state index contributed by atoms with van der Waals surface area (Å²) in [4.78, 5) is 23.9. The van der Waals surface area contributed by atoms with Gasteiger partial charge in [0.15, 0.2) is 5.72 Å². The number of cyclic esters (lactones) is 1. The van der Waals surface area contributed by atoms with Crippen LogP contribution in [0.4, 0.5) is 4.79 Å². The molecule has 0 saturated carbocycles. The molecule has 9 nitrogen and oxygen atoms in total. The lowest BCUT2D eigenvalue weighted by Crippen LogP contribution is -2.62. The number of benzene rings is 1. The van der Waals surface area contributed by atoms with E-state index in [1.807, 2.05) is 32.1 Å². The zero-order valence-electron chi connectivity index (χ0n) is 22.0. The molecule has 2 amide bonds. The van der Waals surface area contributed by atoms with E-state index in [0.29, 0.717) is 36.5 Å². The van der Waals surface area contributed by atoms with Crippen molar-refractivity contribution in [1.82, 2.24) is 10.6 Å². The van der Waals surface area contributed by atoms with Gasteiger partial charge in [-0.1, -0.05) is 41.5 Å². The fourth-order valence-corrected chi connectivity index (χ4v) is 4.79. The van der Waals surface area contributed by atoms with Crippen molar-refractivity contribution >= 4 is 23.6 Å². The van der Waals surface area contributed by atoms with Gasteiger partial charge < -0.3 is 29.4 Å². The van der Waals surface area contributed by atoms with Crippen molar-refractivity contribution in [3.05, 3.63) is 52.6 Å². The molecule has 0 aromatic heterocycles. The number of ether oxygens (including phenoxy) is 4. The van der Waals surface area contributed by atoms with Gasteiger partial charge in [0.1, 0.15) is 18.0 Å². The minimum absolute atomic E-state index is 0.0509. The van der Waals surface area contributed by atoms with E-state index >= 15 is 0 Å². The number of methoxy groups -OCH3 is 2. The summed E-state index contributed by atoms with van der Waals surface area (Å²) in [5.41, 5.74) is 0.0239. The van der Waals surface area contributed by atoms with Gasteiger partial charge in [0, 0.05) is 33.4 Å². The molecule has 2 aliphatic rings. The van der Waals surface area contributed by atoms with Crippen LogP contribution in [0.3, 0.4) is 0 Å². The first-order valence-electron chi connectivity index (χ1n) is 12.3. The Bertz CT molecular complexity index is 1050. The Morgan fingerprint density at radius 2 is 2.16 bits per heavy atom. The SMILES string of the molecule is CNC(=O)CC[C@]1(C)O[C@H]1C[C@@H]1C[C@](O)([C@@H](/C=C/C=C(\C)Cc2ccc(Cl)c(OC)c2)OC)NC(=O)O1. The molecular weight excluding hydrogens is 500 g/mol. The molecule has 0 radical (unpaired) electrons. The molecule has 2 fully saturated rings. The standard InChI is InChI=1S/C27H37ClN2O7/c1-17(13-18-9-10-20(28)21(14-18)34-4)7-6-8-22(35-5)27(33)16-19(36-25(32)30-27)15-23-26(2,37-23)12-11-24(31)29-3/h6-10,14,19,22-23,33H,11-13,15-16H2,1-5H3,(H,29,31)(H,30,32)/b8-6+,17-7+/t19-,22-,23+,26+,27+/m1/s1. The Labute approximate surface area is 223 Å². The van der Waals surface area contributed by atoms with E-state index in [1.54, 1.807) is 32.4 Å². The van der Waals surface area contributed by atoms with E-state index in [0.717, 1.165) is 11.1 Å². The molecule has 2 saturated heterocycles. The van der Waals surface area contributed by atoms with Gasteiger partial charge in [-0.2, -0.15) is 0 Å². The predicted molar refractivity (Wildman–Crippen MR) is 140 cm³/mol. The minimum atomic E-state index is -1.65. The molecule has 2 heterocycles. The molecular formula is C27H37ClN2O7. The average molecular weight is 537 g/mol. The number of aliphatic hydroxyl groups is 1. The highest BCUT2D eigenvalue weighted by Crippen LogP contribution is 2.44. The topological polar surface area (TPSA) is 119 Å². The lowest BCUT2D eigenvalue weighted by Gasteiger charge is -2.40. The van der Waals surface area contributed by atoms with Crippen LogP contribution >= 0.6 is 11.6 Å². The summed E-state index contributed by atoms with van der Waals surface area (Å²) < 4.78 is 22.0. The molecule has 1 aromatic carbocycles. The van der Waals surface area contributed by atoms with Crippen LogP contribution in [-0.4, -0.2) is 68.0 Å². The molecule has 204 valence electrons. The van der Waals surface area contributed by atoms with Crippen LogP contribution in [0.15, 0.2) is 42.0 Å². The summed E-state index contributed by atoms with van der Waals surface area (Å²) >= 11 is 6.10. The maximum absolute atomic E-state index is 12.3. The number of allylic oxidation sites excluding steroid dienone is 3. The van der Waals surface area contributed by atoms with Crippen molar-refractivity contribution in [3.8, 4) is 5.75 Å². The highest BCUT2D eigenvalue weighted by atomic mass is 35.5. The number of epoxide rings is 1. The summed E-state index contributed by atoms with van der Waals surface area (Å²) in [6.07, 6.45) is 5.34. The molecule has 0 bridgehead atoms. The lowest BCUT2D eigenvalue weighted by molar-refractivity contribution is -0.135. The van der Waals surface area contributed by atoms with Gasteiger partial charge in [0.05, 0.1) is 23.8 Å². The number of amides is 2. The summed E-state index contributed by atoms with van der Waals surface area (Å²) in [5, 5.41) is 17.0. The fraction of sp³-hybridized carbons (Fsp3) is 0.556. The third-order valence-electron chi connectivity index (χ3n) is 6.86. The summed E-state index contributed by atoms with van der Waals surface area (Å²) in [6.45, 7) is 3.93. The second-order valence-corrected chi connectivity index (χ2v) is 10.2. The Morgan fingerprint density at radius 3 is 2.84 bits per heavy atom. The van der Waals surface area contributed by atoms with Crippen LogP contribution in [0.1, 0.15) is 45.1 Å². The van der Waals surface area contributed by atoms with Crippen LogP contribution in [0, 0.1) is 0 Å². The molecule has 37 heavy (non-hydrogen) atoms. The monoisotopic (exact) mass is 536 g/mol. The lowest BCUT2D eigenvalue weighted by atomic mass is 9.91. The first-order valence-corrected chi connectivity index (χ1v) is 12.7. The molecule has 0 unspecified atom stereocenters. The van der Waals surface area contributed by atoms with Gasteiger partial charge in [-0.25, -0.2) is 4.79 Å². The molecule has 5 atom stereocenters. The van der Waals surface area contributed by atoms with Gasteiger partial charge in [0.2, 0.25) is 5.91 Å². The Hall–Kier alpha value is -2.59. The van der Waals surface area contributed by atoms with Gasteiger partial charge in [0.25, 0.3) is 0 Å². The van der Waals surface area contributed by atoms with Crippen molar-refractivity contribution in [2.24, 2.45) is 0 Å². The van der Waals surface area contributed by atoms with E-state index in [9.17, 15) is 14.7 Å². The minimum Gasteiger partial charge on any atom is -0.495 e. The summed E-state index contributed by atoms with van der Waals surface area (Å²) in [5.74, 6) is 0.572.